The van der Waals surface area contributed by atoms with Crippen LogP contribution in [-0.4, -0.2) is 24.4 Å². The van der Waals surface area contributed by atoms with Gasteiger partial charge in [-0.1, -0.05) is 32.9 Å². The van der Waals surface area contributed by atoms with Crippen molar-refractivity contribution in [3.05, 3.63) is 70.7 Å². The number of hydrogen-bond acceptors (Lipinski definition) is 5. The van der Waals surface area contributed by atoms with Crippen LogP contribution in [0.5, 0.6) is 0 Å². The highest BCUT2D eigenvalue weighted by Crippen LogP contribution is 2.22. The van der Waals surface area contributed by atoms with Gasteiger partial charge in [0.15, 0.2) is 12.8 Å². The third-order valence-corrected chi connectivity index (χ3v) is 3.63. The Morgan fingerprint density at radius 1 is 1.08 bits per heavy atom. The molecule has 0 saturated carbocycles. The highest BCUT2D eigenvalue weighted by Gasteiger charge is 2.19. The summed E-state index contributed by atoms with van der Waals surface area (Å²) in [6.45, 7) is 5.49. The van der Waals surface area contributed by atoms with Crippen LogP contribution in [0.15, 0.2) is 48.7 Å². The van der Waals surface area contributed by atoms with E-state index in [1.807, 2.05) is 12.1 Å². The van der Waals surface area contributed by atoms with E-state index in [1.54, 1.807) is 12.1 Å². The molecule has 0 atom stereocenters. The average molecular weight is 356 g/mol. The second kappa shape index (κ2) is 7.77. The Morgan fingerprint density at radius 3 is 2.31 bits per heavy atom. The lowest BCUT2D eigenvalue weighted by Gasteiger charge is -2.18. The summed E-state index contributed by atoms with van der Waals surface area (Å²) in [6.07, 6.45) is 1.14. The van der Waals surface area contributed by atoms with Gasteiger partial charge >= 0.3 is 11.7 Å². The van der Waals surface area contributed by atoms with E-state index in [9.17, 15) is 19.6 Å². The van der Waals surface area contributed by atoms with Crippen molar-refractivity contribution >= 4 is 17.8 Å². The fourth-order valence-electron chi connectivity index (χ4n) is 2.15. The van der Waals surface area contributed by atoms with Gasteiger partial charge in [0.2, 0.25) is 0 Å². The number of pyridine rings is 1. The molecule has 7 heteroatoms. The molecule has 2 aromatic rings. The molecule has 0 aliphatic rings. The van der Waals surface area contributed by atoms with Crippen molar-refractivity contribution in [2.45, 2.75) is 26.2 Å². The number of nitrogens with one attached hydrogen (secondary N) is 1. The Morgan fingerprint density at radius 2 is 1.73 bits per heavy atom. The number of hydrogen-bond donors (Lipinski definition) is 1. The monoisotopic (exact) mass is 356 g/mol. The Hall–Kier alpha value is -3.22. The lowest BCUT2D eigenvalue weighted by molar-refractivity contribution is -0.608. The molecule has 1 heterocycles. The summed E-state index contributed by atoms with van der Waals surface area (Å²) in [6, 6.07) is 11.1. The number of ether oxygens (including phenoxy) is 1. The summed E-state index contributed by atoms with van der Waals surface area (Å²) in [5, 5.41) is 13.6. The largest absolute Gasteiger partial charge is 0.618 e. The molecule has 0 unspecified atom stereocenters. The van der Waals surface area contributed by atoms with E-state index in [0.717, 1.165) is 11.8 Å². The van der Waals surface area contributed by atoms with Gasteiger partial charge in [-0.15, -0.1) is 0 Å². The molecular weight excluding hydrogens is 336 g/mol. The third-order valence-electron chi connectivity index (χ3n) is 3.63. The van der Waals surface area contributed by atoms with E-state index in [1.165, 1.54) is 18.2 Å². The molecule has 1 N–H and O–H groups in total. The standard InChI is InChI=1S/C19H20N2O5/c1-19(2,3)14-9-7-13(8-10-14)17(23)20-16(22)12-26-18(24)15-6-4-5-11-21(15)25/h4-11H,12H2,1-3H3,(H,20,22,23). The van der Waals surface area contributed by atoms with Crippen LogP contribution in [0.3, 0.4) is 0 Å². The van der Waals surface area contributed by atoms with E-state index < -0.39 is 24.4 Å². The summed E-state index contributed by atoms with van der Waals surface area (Å²) in [5.74, 6) is -2.32. The number of benzene rings is 1. The number of carbonyl (C=O) groups excluding carboxylic acids is 3. The van der Waals surface area contributed by atoms with E-state index in [4.69, 9.17) is 4.74 Å². The first-order valence-electron chi connectivity index (χ1n) is 7.98. The summed E-state index contributed by atoms with van der Waals surface area (Å²) >= 11 is 0. The Balaban J connectivity index is 1.90. The molecule has 0 bridgehead atoms. The van der Waals surface area contributed by atoms with Gasteiger partial charge in [-0.2, -0.15) is 4.73 Å². The Labute approximate surface area is 151 Å². The third kappa shape index (κ3) is 4.89. The molecule has 136 valence electrons. The summed E-state index contributed by atoms with van der Waals surface area (Å²) < 4.78 is 5.08. The van der Waals surface area contributed by atoms with E-state index in [0.29, 0.717) is 10.3 Å². The van der Waals surface area contributed by atoms with Crippen LogP contribution in [0.4, 0.5) is 0 Å². The number of rotatable bonds is 4. The van der Waals surface area contributed by atoms with Gasteiger partial charge in [0.1, 0.15) is 0 Å². The van der Waals surface area contributed by atoms with Gasteiger partial charge in [0.05, 0.1) is 0 Å². The molecule has 2 rings (SSSR count). The van der Waals surface area contributed by atoms with Crippen molar-refractivity contribution in [2.75, 3.05) is 6.61 Å². The lowest BCUT2D eigenvalue weighted by Crippen LogP contribution is -2.37. The second-order valence-electron chi connectivity index (χ2n) is 6.69. The van der Waals surface area contributed by atoms with Gasteiger partial charge in [-0.05, 0) is 29.2 Å². The molecule has 7 nitrogen and oxygen atoms in total. The van der Waals surface area contributed by atoms with Crippen molar-refractivity contribution in [3.8, 4) is 0 Å². The van der Waals surface area contributed by atoms with Crippen LogP contribution in [-0.2, 0) is 14.9 Å². The number of nitrogens with zero attached hydrogens (tertiary/aromatic N) is 1. The van der Waals surface area contributed by atoms with Crippen LogP contribution >= 0.6 is 0 Å². The van der Waals surface area contributed by atoms with Crippen molar-refractivity contribution in [2.24, 2.45) is 0 Å². The lowest BCUT2D eigenvalue weighted by atomic mass is 9.87. The summed E-state index contributed by atoms with van der Waals surface area (Å²) in [4.78, 5) is 35.6. The number of amides is 2. The average Bonchev–Trinajstić information content (AvgIpc) is 2.59. The van der Waals surface area contributed by atoms with Crippen LogP contribution < -0.4 is 10.0 Å². The number of aromatic nitrogens is 1. The number of imide groups is 1. The molecule has 26 heavy (non-hydrogen) atoms. The van der Waals surface area contributed by atoms with Crippen molar-refractivity contribution in [1.29, 1.82) is 0 Å². The van der Waals surface area contributed by atoms with Crippen LogP contribution in [0.1, 0.15) is 47.2 Å². The van der Waals surface area contributed by atoms with Crippen LogP contribution in [0.2, 0.25) is 0 Å². The smallest absolute Gasteiger partial charge is 0.405 e. The molecule has 0 fully saturated rings. The summed E-state index contributed by atoms with van der Waals surface area (Å²) in [5.41, 5.74) is 1.08. The second-order valence-corrected chi connectivity index (χ2v) is 6.69. The molecule has 2 amide bonds. The van der Waals surface area contributed by atoms with Crippen molar-refractivity contribution in [1.82, 2.24) is 5.32 Å². The molecule has 1 aromatic heterocycles. The predicted molar refractivity (Wildman–Crippen MR) is 93.3 cm³/mol. The zero-order chi connectivity index (χ0) is 19.3. The minimum absolute atomic E-state index is 0.0467. The first-order valence-corrected chi connectivity index (χ1v) is 7.98. The Kier molecular flexibility index (Phi) is 5.71. The molecule has 0 saturated heterocycles. The highest BCUT2D eigenvalue weighted by atomic mass is 16.5. The van der Waals surface area contributed by atoms with Crippen molar-refractivity contribution in [3.63, 3.8) is 0 Å². The summed E-state index contributed by atoms with van der Waals surface area (Å²) in [7, 11) is 0. The van der Waals surface area contributed by atoms with Crippen LogP contribution in [0.25, 0.3) is 0 Å². The SMILES string of the molecule is CC(C)(C)c1ccc(C(=O)NC(=O)COC(=O)c2cccc[n+]2[O-])cc1. The van der Waals surface area contributed by atoms with Gasteiger partial charge < -0.3 is 9.94 Å². The number of carbonyl (C=O) groups is 3. The predicted octanol–water partition coefficient (Wildman–Crippen LogP) is 1.73. The fraction of sp³-hybridized carbons (Fsp3) is 0.263. The van der Waals surface area contributed by atoms with Crippen LogP contribution in [0, 0.1) is 5.21 Å². The molecule has 0 aliphatic carbocycles. The normalized spacial score (nSPS) is 10.9. The minimum atomic E-state index is -0.947. The molecule has 1 aromatic carbocycles. The highest BCUT2D eigenvalue weighted by molar-refractivity contribution is 6.05. The van der Waals surface area contributed by atoms with Crippen molar-refractivity contribution < 1.29 is 23.9 Å². The molecule has 0 spiro atoms. The van der Waals surface area contributed by atoms with E-state index in [-0.39, 0.29) is 11.1 Å². The quantitative estimate of drug-likeness (QED) is 0.511. The number of esters is 1. The Bertz CT molecular complexity index is 823. The zero-order valence-electron chi connectivity index (χ0n) is 14.8. The van der Waals surface area contributed by atoms with Gasteiger partial charge in [-0.25, -0.2) is 4.79 Å². The maximum atomic E-state index is 12.1. The van der Waals surface area contributed by atoms with E-state index >= 15 is 0 Å². The zero-order valence-corrected chi connectivity index (χ0v) is 14.8. The molecule has 0 radical (unpaired) electrons. The van der Waals surface area contributed by atoms with E-state index in [2.05, 4.69) is 26.1 Å². The first-order chi connectivity index (χ1) is 12.2. The molecular formula is C19H20N2O5. The molecule has 0 aliphatic heterocycles. The van der Waals surface area contributed by atoms with Gasteiger partial charge in [-0.3, -0.25) is 14.9 Å². The minimum Gasteiger partial charge on any atom is -0.618 e. The maximum Gasteiger partial charge on any atom is 0.405 e. The maximum absolute atomic E-state index is 12.1. The van der Waals surface area contributed by atoms with Gasteiger partial charge in [0.25, 0.3) is 11.8 Å². The fourth-order valence-corrected chi connectivity index (χ4v) is 2.15. The first kappa shape index (κ1) is 19.1. The van der Waals surface area contributed by atoms with Gasteiger partial charge in [0, 0.05) is 17.7 Å². The topological polar surface area (TPSA) is 99.4 Å².